The van der Waals surface area contributed by atoms with Gasteiger partial charge in [-0.05, 0) is 51.8 Å². The SMILES string of the molecule is CC(C)(C)OC(=O)N1CCCC1.CNc1ncc([N+](=O)[O-])c(NCc2cc(Br)ccc2OC(F)(F)F)n1. The van der Waals surface area contributed by atoms with Crippen molar-refractivity contribution in [3.8, 4) is 5.75 Å². The number of hydrogen-bond acceptors (Lipinski definition) is 9. The molecule has 2 N–H and O–H groups in total. The van der Waals surface area contributed by atoms with Gasteiger partial charge in [0.25, 0.3) is 0 Å². The summed E-state index contributed by atoms with van der Waals surface area (Å²) in [5.41, 5.74) is -0.641. The first-order valence-corrected chi connectivity index (χ1v) is 11.9. The summed E-state index contributed by atoms with van der Waals surface area (Å²) in [6, 6.07) is 3.93. The molecule has 0 radical (unpaired) electrons. The Bertz CT molecular complexity index is 1090. The van der Waals surface area contributed by atoms with E-state index in [0.29, 0.717) is 4.47 Å². The van der Waals surface area contributed by atoms with Crippen molar-refractivity contribution in [2.45, 2.75) is 52.1 Å². The number of hydrogen-bond donors (Lipinski definition) is 2. The first-order chi connectivity index (χ1) is 17.2. The molecule has 2 aromatic rings. The van der Waals surface area contributed by atoms with E-state index in [2.05, 4.69) is 41.3 Å². The van der Waals surface area contributed by atoms with Crippen LogP contribution in [-0.2, 0) is 11.3 Å². The molecule has 0 unspecified atom stereocenters. The molecule has 1 fully saturated rings. The fourth-order valence-corrected chi connectivity index (χ4v) is 3.48. The predicted molar refractivity (Wildman–Crippen MR) is 133 cm³/mol. The summed E-state index contributed by atoms with van der Waals surface area (Å²) in [5, 5.41) is 16.3. The zero-order valence-electron chi connectivity index (χ0n) is 20.7. The number of likely N-dealkylation sites (tertiary alicyclic amines) is 1. The molecule has 1 saturated heterocycles. The van der Waals surface area contributed by atoms with Gasteiger partial charge < -0.3 is 25.0 Å². The molecule has 1 aromatic carbocycles. The van der Waals surface area contributed by atoms with Gasteiger partial charge in [-0.15, -0.1) is 13.2 Å². The van der Waals surface area contributed by atoms with Gasteiger partial charge in [0.15, 0.2) is 0 Å². The summed E-state index contributed by atoms with van der Waals surface area (Å²) < 4.78 is 47.1. The van der Waals surface area contributed by atoms with E-state index < -0.39 is 22.7 Å². The minimum absolute atomic E-state index is 0.120. The van der Waals surface area contributed by atoms with E-state index in [1.165, 1.54) is 19.2 Å². The zero-order valence-corrected chi connectivity index (χ0v) is 22.3. The number of ether oxygens (including phenoxy) is 2. The van der Waals surface area contributed by atoms with Crippen LogP contribution < -0.4 is 15.4 Å². The standard InChI is InChI=1S/C13H11BrF3N5O3.C9H17NO2/c1-18-12-20-6-9(22(23)24)11(21-12)19-5-7-4-8(14)2-3-10(7)25-13(15,16)17;1-9(2,3)12-8(11)10-6-4-5-7-10/h2-4,6H,5H2,1H3,(H2,18,19,20,21);4-7H2,1-3H3. The van der Waals surface area contributed by atoms with Crippen molar-refractivity contribution in [2.75, 3.05) is 30.8 Å². The number of carbonyl (C=O) groups excluding carboxylic acids is 1. The van der Waals surface area contributed by atoms with Crippen LogP contribution in [0.1, 0.15) is 39.2 Å². The van der Waals surface area contributed by atoms with Crippen LogP contribution in [0.15, 0.2) is 28.9 Å². The number of nitrogens with one attached hydrogen (secondary N) is 2. The van der Waals surface area contributed by atoms with Crippen LogP contribution in [0.3, 0.4) is 0 Å². The van der Waals surface area contributed by atoms with Crippen LogP contribution in [0.4, 0.5) is 35.4 Å². The van der Waals surface area contributed by atoms with Gasteiger partial charge in [0.2, 0.25) is 11.8 Å². The second-order valence-corrected chi connectivity index (χ2v) is 9.68. The van der Waals surface area contributed by atoms with Gasteiger partial charge in [-0.25, -0.2) is 9.78 Å². The van der Waals surface area contributed by atoms with Crippen molar-refractivity contribution in [3.05, 3.63) is 44.5 Å². The molecule has 0 aliphatic carbocycles. The van der Waals surface area contributed by atoms with Crippen molar-refractivity contribution in [1.82, 2.24) is 14.9 Å². The van der Waals surface area contributed by atoms with E-state index in [1.54, 1.807) is 4.90 Å². The van der Waals surface area contributed by atoms with Gasteiger partial charge in [-0.1, -0.05) is 15.9 Å². The first kappa shape index (κ1) is 29.9. The van der Waals surface area contributed by atoms with Crippen molar-refractivity contribution < 1.29 is 32.4 Å². The molecule has 1 aliphatic rings. The fraction of sp³-hybridized carbons (Fsp3) is 0.500. The number of nitrogens with zero attached hydrogens (tertiary/aromatic N) is 4. The smallest absolute Gasteiger partial charge is 0.444 e. The molecule has 37 heavy (non-hydrogen) atoms. The summed E-state index contributed by atoms with van der Waals surface area (Å²) in [5.74, 6) is -0.440. The van der Waals surface area contributed by atoms with E-state index in [0.717, 1.165) is 38.2 Å². The number of rotatable bonds is 6. The Labute approximate surface area is 220 Å². The highest BCUT2D eigenvalue weighted by molar-refractivity contribution is 9.10. The van der Waals surface area contributed by atoms with Crippen molar-refractivity contribution in [3.63, 3.8) is 0 Å². The summed E-state index contributed by atoms with van der Waals surface area (Å²) in [7, 11) is 1.52. The average Bonchev–Trinajstić information content (AvgIpc) is 3.32. The number of alkyl halides is 3. The van der Waals surface area contributed by atoms with E-state index >= 15 is 0 Å². The van der Waals surface area contributed by atoms with Gasteiger partial charge in [0.05, 0.1) is 4.92 Å². The molecule has 0 bridgehead atoms. The molecule has 1 amide bonds. The minimum atomic E-state index is -4.86. The maximum Gasteiger partial charge on any atom is 0.573 e. The summed E-state index contributed by atoms with van der Waals surface area (Å²) in [6.45, 7) is 7.19. The average molecular weight is 593 g/mol. The normalized spacial score (nSPS) is 13.4. The van der Waals surface area contributed by atoms with Gasteiger partial charge in [0.1, 0.15) is 17.5 Å². The fourth-order valence-electron chi connectivity index (χ4n) is 3.08. The van der Waals surface area contributed by atoms with E-state index in [4.69, 9.17) is 4.74 Å². The van der Waals surface area contributed by atoms with Crippen LogP contribution in [0.25, 0.3) is 0 Å². The summed E-state index contributed by atoms with van der Waals surface area (Å²) in [4.78, 5) is 31.1. The molecule has 0 spiro atoms. The minimum Gasteiger partial charge on any atom is -0.444 e. The highest BCUT2D eigenvalue weighted by Gasteiger charge is 2.32. The predicted octanol–water partition coefficient (Wildman–Crippen LogP) is 5.72. The first-order valence-electron chi connectivity index (χ1n) is 11.1. The van der Waals surface area contributed by atoms with Crippen molar-refractivity contribution in [1.29, 1.82) is 0 Å². The highest BCUT2D eigenvalue weighted by Crippen LogP contribution is 2.30. The molecule has 1 aromatic heterocycles. The number of carbonyl (C=O) groups is 1. The number of anilines is 2. The molecule has 1 aliphatic heterocycles. The maximum atomic E-state index is 12.5. The molecule has 15 heteroatoms. The highest BCUT2D eigenvalue weighted by atomic mass is 79.9. The molecule has 204 valence electrons. The largest absolute Gasteiger partial charge is 0.573 e. The number of aromatic nitrogens is 2. The monoisotopic (exact) mass is 592 g/mol. The molecule has 2 heterocycles. The molecule has 0 atom stereocenters. The Kier molecular flexibility index (Phi) is 10.3. The van der Waals surface area contributed by atoms with Crippen molar-refractivity contribution >= 4 is 39.5 Å². The Morgan fingerprint density at radius 3 is 2.43 bits per heavy atom. The van der Waals surface area contributed by atoms with E-state index in [9.17, 15) is 28.1 Å². The molecular weight excluding hydrogens is 565 g/mol. The van der Waals surface area contributed by atoms with Gasteiger partial charge in [-0.3, -0.25) is 10.1 Å². The summed E-state index contributed by atoms with van der Waals surface area (Å²) >= 11 is 3.15. The second kappa shape index (κ2) is 12.7. The Balaban J connectivity index is 0.000000335. The number of benzene rings is 1. The third-order valence-corrected chi connectivity index (χ3v) is 5.14. The van der Waals surface area contributed by atoms with Crippen molar-refractivity contribution in [2.24, 2.45) is 0 Å². The Hall–Kier alpha value is -3.36. The number of halogens is 4. The third kappa shape index (κ3) is 10.3. The quantitative estimate of drug-likeness (QED) is 0.319. The van der Waals surface area contributed by atoms with Crippen LogP contribution in [0.2, 0.25) is 0 Å². The lowest BCUT2D eigenvalue weighted by molar-refractivity contribution is -0.384. The lowest BCUT2D eigenvalue weighted by Crippen LogP contribution is -2.34. The van der Waals surface area contributed by atoms with Gasteiger partial charge in [-0.2, -0.15) is 4.98 Å². The third-order valence-electron chi connectivity index (χ3n) is 4.64. The van der Waals surface area contributed by atoms with Crippen LogP contribution in [-0.4, -0.2) is 58.0 Å². The molecular formula is C22H28BrF3N6O5. The van der Waals surface area contributed by atoms with E-state index in [-0.39, 0.29) is 35.6 Å². The van der Waals surface area contributed by atoms with Crippen LogP contribution in [0.5, 0.6) is 5.75 Å². The number of nitro groups is 1. The van der Waals surface area contributed by atoms with Crippen LogP contribution >= 0.6 is 15.9 Å². The van der Waals surface area contributed by atoms with Gasteiger partial charge >= 0.3 is 18.1 Å². The molecule has 3 rings (SSSR count). The molecule has 11 nitrogen and oxygen atoms in total. The topological polar surface area (TPSA) is 132 Å². The lowest BCUT2D eigenvalue weighted by Gasteiger charge is -2.23. The lowest BCUT2D eigenvalue weighted by atomic mass is 10.2. The zero-order chi connectivity index (χ0) is 27.8. The van der Waals surface area contributed by atoms with Crippen LogP contribution in [0, 0.1) is 10.1 Å². The summed E-state index contributed by atoms with van der Waals surface area (Å²) in [6.07, 6.45) is -1.81. The van der Waals surface area contributed by atoms with E-state index in [1.807, 2.05) is 20.8 Å². The second-order valence-electron chi connectivity index (χ2n) is 8.76. The Morgan fingerprint density at radius 2 is 1.89 bits per heavy atom. The Morgan fingerprint density at radius 1 is 1.24 bits per heavy atom. The van der Waals surface area contributed by atoms with Gasteiger partial charge in [0, 0.05) is 36.7 Å². The maximum absolute atomic E-state index is 12.5. The molecule has 0 saturated carbocycles. The number of amides is 1.